The zero-order chi connectivity index (χ0) is 49.4. The number of ether oxygens (including phenoxy) is 3. The van der Waals surface area contributed by atoms with Gasteiger partial charge in [-0.3, -0.25) is 19.2 Å². The topological polar surface area (TPSA) is 293 Å². The Morgan fingerprint density at radius 3 is 2.18 bits per heavy atom. The van der Waals surface area contributed by atoms with Gasteiger partial charge in [-0.2, -0.15) is 0 Å². The number of hydrogen-bond donors (Lipinski definition) is 7. The number of nitrogens with zero attached hydrogens (tertiary/aromatic N) is 3. The predicted molar refractivity (Wildman–Crippen MR) is 252 cm³/mol. The SMILES string of the molecule is COc1c(OC[C@H](O)CN)cc2cc1-c1cc(ccc1OC[C@H](O)CN)C[C@@H](C(=O)O)NC(=O)[C@H](C)CC(=O)[C@H]2N(C)C(=O)[C@H](CCN)CC(=O)c1cnc(-c2ccc(C3(C)CC3)cc2)nc1C. The molecule has 1 saturated carbocycles. The third kappa shape index (κ3) is 11.9. The number of likely N-dealkylation sites (N-methyl/N-ethyl adjacent to an activating group) is 1. The van der Waals surface area contributed by atoms with Crippen molar-refractivity contribution in [1.82, 2.24) is 20.2 Å². The van der Waals surface area contributed by atoms with Gasteiger partial charge in [-0.1, -0.05) is 44.2 Å². The van der Waals surface area contributed by atoms with E-state index in [-0.39, 0.29) is 91.5 Å². The number of aliphatic hydroxyl groups excluding tert-OH is 2. The number of amides is 2. The number of ketones is 2. The van der Waals surface area contributed by atoms with Gasteiger partial charge in [0.05, 0.1) is 18.4 Å². The number of rotatable bonds is 19. The van der Waals surface area contributed by atoms with Crippen LogP contribution in [0.5, 0.6) is 17.2 Å². The fourth-order valence-electron chi connectivity index (χ4n) is 8.37. The van der Waals surface area contributed by atoms with Crippen molar-refractivity contribution >= 4 is 29.4 Å². The average molecular weight is 938 g/mol. The molecule has 1 fully saturated rings. The van der Waals surface area contributed by atoms with Crippen LogP contribution in [0.2, 0.25) is 0 Å². The summed E-state index contributed by atoms with van der Waals surface area (Å²) in [6.07, 6.45) is 0.737. The van der Waals surface area contributed by atoms with Gasteiger partial charge in [0.15, 0.2) is 28.9 Å². The second kappa shape index (κ2) is 22.2. The number of Topliss-reactive ketones (excluding diaryl/α,β-unsaturated/α-hetero) is 2. The number of carboxylic acid groups (broad SMARTS) is 1. The lowest BCUT2D eigenvalue weighted by Gasteiger charge is -2.32. The van der Waals surface area contributed by atoms with Crippen LogP contribution in [0.3, 0.4) is 0 Å². The van der Waals surface area contributed by atoms with Crippen molar-refractivity contribution < 1.29 is 53.5 Å². The number of fused-ring (bicyclic) bond motifs is 5. The minimum Gasteiger partial charge on any atom is -0.492 e. The van der Waals surface area contributed by atoms with Gasteiger partial charge in [0.25, 0.3) is 0 Å². The van der Waals surface area contributed by atoms with E-state index in [0.29, 0.717) is 22.6 Å². The van der Waals surface area contributed by atoms with Gasteiger partial charge in [-0.15, -0.1) is 0 Å². The number of carboxylic acids is 1. The molecule has 1 aromatic heterocycles. The van der Waals surface area contributed by atoms with Gasteiger partial charge >= 0.3 is 5.97 Å². The van der Waals surface area contributed by atoms with Gasteiger partial charge in [0, 0.05) is 74.1 Å². The number of aromatic nitrogens is 2. The molecule has 18 heteroatoms. The maximum absolute atomic E-state index is 14.9. The zero-order valence-corrected chi connectivity index (χ0v) is 39.2. The standard InChI is InChI=1S/C50H63N7O11/c1-27-16-41(61)44(57(4)48(63)31(12-15-51)20-40(60)38-24-54-46(55-28(38)2)30-7-9-33(10-8-30)50(3)13-14-50)32-19-37(45(66-5)43(21-32)68-26-35(59)23-53)36-17-29(18-39(49(64)65)56-47(27)62)6-11-42(36)67-25-34(58)22-52/h6-11,17,19,21,24,27,31,34-35,39,44,58-59H,12-16,18,20,22-23,25-26,51-53H2,1-5H3,(H,56,62)(H,64,65)/t27-,31-,34-,35-,39+,44+/m1/s1. The highest BCUT2D eigenvalue weighted by Crippen LogP contribution is 2.48. The molecule has 1 aliphatic heterocycles. The van der Waals surface area contributed by atoms with Gasteiger partial charge in [0.1, 0.15) is 43.3 Å². The fourth-order valence-corrected chi connectivity index (χ4v) is 8.37. The van der Waals surface area contributed by atoms with Crippen LogP contribution in [-0.2, 0) is 31.0 Å². The van der Waals surface area contributed by atoms with Gasteiger partial charge in [-0.05, 0) is 79.1 Å². The van der Waals surface area contributed by atoms with Gasteiger partial charge in [-0.25, -0.2) is 14.8 Å². The number of nitrogens with one attached hydrogen (secondary N) is 1. The monoisotopic (exact) mass is 937 g/mol. The lowest BCUT2D eigenvalue weighted by Crippen LogP contribution is -2.45. The third-order valence-electron chi connectivity index (χ3n) is 12.8. The van der Waals surface area contributed by atoms with E-state index >= 15 is 0 Å². The van der Waals surface area contributed by atoms with Gasteiger partial charge in [0.2, 0.25) is 11.8 Å². The second-order valence-corrected chi connectivity index (χ2v) is 18.1. The highest BCUT2D eigenvalue weighted by molar-refractivity contribution is 6.00. The maximum Gasteiger partial charge on any atom is 0.326 e. The van der Waals surface area contributed by atoms with E-state index in [2.05, 4.69) is 34.3 Å². The molecule has 4 aromatic rings. The lowest BCUT2D eigenvalue weighted by molar-refractivity contribution is -0.144. The molecule has 10 N–H and O–H groups in total. The van der Waals surface area contributed by atoms with Crippen molar-refractivity contribution in [3.05, 3.63) is 88.7 Å². The van der Waals surface area contributed by atoms with E-state index in [0.717, 1.165) is 18.4 Å². The molecule has 1 aliphatic carbocycles. The summed E-state index contributed by atoms with van der Waals surface area (Å²) in [7, 11) is 2.79. The minimum atomic E-state index is -1.44. The Morgan fingerprint density at radius 1 is 0.926 bits per heavy atom. The molecule has 2 heterocycles. The van der Waals surface area contributed by atoms with Crippen LogP contribution in [-0.4, -0.2) is 125 Å². The molecule has 0 spiro atoms. The fraction of sp³-hybridized carbons (Fsp3) is 0.460. The molecule has 4 bridgehead atoms. The average Bonchev–Trinajstić information content (AvgIpc) is 4.09. The number of hydrogen-bond acceptors (Lipinski definition) is 15. The molecule has 0 saturated heterocycles. The molecule has 2 amide bonds. The first-order chi connectivity index (χ1) is 32.4. The van der Waals surface area contributed by atoms with Crippen molar-refractivity contribution in [3.8, 4) is 39.8 Å². The van der Waals surface area contributed by atoms with Crippen LogP contribution in [0.4, 0.5) is 0 Å². The molecule has 0 radical (unpaired) electrons. The van der Waals surface area contributed by atoms with Crippen LogP contribution in [0.1, 0.15) is 84.7 Å². The Labute approximate surface area is 395 Å². The lowest BCUT2D eigenvalue weighted by atomic mass is 9.88. The number of benzene rings is 3. The molecule has 6 rings (SSSR count). The highest BCUT2D eigenvalue weighted by Gasteiger charge is 2.39. The summed E-state index contributed by atoms with van der Waals surface area (Å²) < 4.78 is 18.1. The number of nitrogens with two attached hydrogens (primary N) is 3. The molecule has 2 aliphatic rings. The molecule has 3 aromatic carbocycles. The van der Waals surface area contributed by atoms with E-state index in [1.807, 2.05) is 12.1 Å². The molecular weight excluding hydrogens is 875 g/mol. The van der Waals surface area contributed by atoms with E-state index in [1.54, 1.807) is 31.2 Å². The maximum atomic E-state index is 14.9. The summed E-state index contributed by atoms with van der Waals surface area (Å²) in [6, 6.07) is 13.1. The number of methoxy groups -OCH3 is 1. The van der Waals surface area contributed by atoms with Crippen molar-refractivity contribution in [3.63, 3.8) is 0 Å². The quantitative estimate of drug-likeness (QED) is 0.0665. The second-order valence-electron chi connectivity index (χ2n) is 18.1. The first-order valence-electron chi connectivity index (χ1n) is 22.8. The van der Waals surface area contributed by atoms with Crippen LogP contribution < -0.4 is 36.7 Å². The van der Waals surface area contributed by atoms with E-state index < -0.39 is 71.9 Å². The van der Waals surface area contributed by atoms with Crippen molar-refractivity contribution in [2.75, 3.05) is 47.0 Å². The van der Waals surface area contributed by atoms with Crippen molar-refractivity contribution in [2.24, 2.45) is 29.0 Å². The van der Waals surface area contributed by atoms with E-state index in [4.69, 9.17) is 31.4 Å². The number of aliphatic hydroxyl groups is 2. The molecule has 364 valence electrons. The Hall–Kier alpha value is -6.31. The van der Waals surface area contributed by atoms with Crippen molar-refractivity contribution in [2.45, 2.75) is 89.0 Å². The smallest absolute Gasteiger partial charge is 0.326 e. The molecular formula is C50H63N7O11. The van der Waals surface area contributed by atoms with Crippen molar-refractivity contribution in [1.29, 1.82) is 0 Å². The summed E-state index contributed by atoms with van der Waals surface area (Å²) >= 11 is 0. The summed E-state index contributed by atoms with van der Waals surface area (Å²) in [5.41, 5.74) is 21.6. The number of aryl methyl sites for hydroxylation is 1. The summed E-state index contributed by atoms with van der Waals surface area (Å²) in [6.45, 7) is 4.64. The van der Waals surface area contributed by atoms with E-state index in [9.17, 15) is 39.3 Å². The summed E-state index contributed by atoms with van der Waals surface area (Å²) in [5.74, 6) is -4.93. The third-order valence-corrected chi connectivity index (χ3v) is 12.8. The molecule has 18 nitrogen and oxygen atoms in total. The summed E-state index contributed by atoms with van der Waals surface area (Å²) in [5, 5.41) is 33.6. The first-order valence-corrected chi connectivity index (χ1v) is 22.8. The Bertz CT molecular complexity index is 2500. The molecule has 68 heavy (non-hydrogen) atoms. The Morgan fingerprint density at radius 2 is 1.59 bits per heavy atom. The number of carbonyl (C=O) groups excluding carboxylic acids is 4. The van der Waals surface area contributed by atoms with Crippen LogP contribution in [0.25, 0.3) is 22.5 Å². The number of aliphatic carboxylic acids is 1. The number of carbonyl (C=O) groups is 5. The highest BCUT2D eigenvalue weighted by atomic mass is 16.5. The first kappa shape index (κ1) is 51.1. The summed E-state index contributed by atoms with van der Waals surface area (Å²) in [4.78, 5) is 80.4. The molecule has 0 unspecified atom stereocenters. The minimum absolute atomic E-state index is 0.0215. The van der Waals surface area contributed by atoms with Crippen LogP contribution in [0, 0.1) is 18.8 Å². The Kier molecular flexibility index (Phi) is 16.7. The van der Waals surface area contributed by atoms with Gasteiger partial charge < -0.3 is 56.9 Å². The zero-order valence-electron chi connectivity index (χ0n) is 39.2. The predicted octanol–water partition coefficient (Wildman–Crippen LogP) is 3.03. The molecule has 6 atom stereocenters. The van der Waals surface area contributed by atoms with Crippen LogP contribution >= 0.6 is 0 Å². The normalized spacial score (nSPS) is 19.1. The van der Waals surface area contributed by atoms with Crippen LogP contribution in [0.15, 0.2) is 60.8 Å². The van der Waals surface area contributed by atoms with E-state index in [1.165, 1.54) is 43.8 Å². The largest absolute Gasteiger partial charge is 0.492 e. The Balaban J connectivity index is 1.43.